The molecule has 0 fully saturated rings. The Hall–Kier alpha value is -1.73. The molecule has 1 aliphatic rings. The van der Waals surface area contributed by atoms with E-state index in [1.807, 2.05) is 24.3 Å². The van der Waals surface area contributed by atoms with Gasteiger partial charge in [0.2, 0.25) is 0 Å². The Morgan fingerprint density at radius 3 is 1.81 bits per heavy atom. The zero-order valence-corrected chi connectivity index (χ0v) is 9.90. The van der Waals surface area contributed by atoms with E-state index in [9.17, 15) is 9.59 Å². The Labute approximate surface area is 95.5 Å². The zero-order valence-electron chi connectivity index (χ0n) is 8.49. The lowest BCUT2D eigenvalue weighted by Crippen LogP contribution is -2.34. The normalized spacial score (nSPS) is 13.2. The number of hydrogen-bond acceptors (Lipinski definition) is 2. The number of rotatable bonds is 0. The summed E-state index contributed by atoms with van der Waals surface area (Å²) in [5, 5.41) is 4.00. The van der Waals surface area contributed by atoms with Crippen molar-refractivity contribution in [3.8, 4) is 0 Å². The van der Waals surface area contributed by atoms with Crippen molar-refractivity contribution in [3.05, 3.63) is 47.5 Å². The summed E-state index contributed by atoms with van der Waals surface area (Å²) in [4.78, 5) is 23.1. The van der Waals surface area contributed by atoms with Crippen molar-refractivity contribution in [1.82, 2.24) is 5.32 Å². The summed E-state index contributed by atoms with van der Waals surface area (Å²) in [6.07, 6.45) is 0. The first-order chi connectivity index (χ1) is 7.27. The molecule has 2 aromatic carbocycles. The van der Waals surface area contributed by atoms with E-state index in [2.05, 4.69) is 5.32 Å². The van der Waals surface area contributed by atoms with Gasteiger partial charge in [0.1, 0.15) is 0 Å². The van der Waals surface area contributed by atoms with Crippen LogP contribution in [0.2, 0.25) is 0 Å². The first kappa shape index (κ1) is 10.8. The summed E-state index contributed by atoms with van der Waals surface area (Å²) in [5.74, 6) is -0.631. The van der Waals surface area contributed by atoms with Gasteiger partial charge in [0.25, 0.3) is 11.8 Å². The predicted octanol–water partition coefficient (Wildman–Crippen LogP) is 1.78. The summed E-state index contributed by atoms with van der Waals surface area (Å²) in [7, 11) is 0. The van der Waals surface area contributed by atoms with E-state index in [-0.39, 0.29) is 21.7 Å². The number of nitrogens with one attached hydrogen (secondary N) is 1. The Balaban J connectivity index is 0.000000963. The molecule has 1 N–H and O–H groups in total. The highest BCUT2D eigenvalue weighted by molar-refractivity contribution is 6.92. The highest BCUT2D eigenvalue weighted by atomic mass is 31.0. The maximum absolute atomic E-state index is 11.6. The molecule has 2 aromatic rings. The van der Waals surface area contributed by atoms with Gasteiger partial charge in [-0.15, -0.1) is 0 Å². The van der Waals surface area contributed by atoms with E-state index >= 15 is 0 Å². The highest BCUT2D eigenvalue weighted by Crippen LogP contribution is 2.25. The van der Waals surface area contributed by atoms with Crippen LogP contribution < -0.4 is 5.32 Å². The third-order valence-electron chi connectivity index (χ3n) is 2.62. The molecule has 80 valence electrons. The summed E-state index contributed by atoms with van der Waals surface area (Å²) in [6.45, 7) is 0. The van der Waals surface area contributed by atoms with E-state index in [0.29, 0.717) is 11.1 Å². The average molecular weight is 231 g/mol. The van der Waals surface area contributed by atoms with Crippen LogP contribution in [-0.2, 0) is 0 Å². The van der Waals surface area contributed by atoms with Crippen LogP contribution in [-0.4, -0.2) is 11.8 Å². The van der Waals surface area contributed by atoms with Crippen molar-refractivity contribution in [3.63, 3.8) is 0 Å². The van der Waals surface area contributed by atoms with Crippen LogP contribution in [0.25, 0.3) is 10.8 Å². The molecule has 0 spiro atoms. The second-order valence-corrected chi connectivity index (χ2v) is 3.49. The average Bonchev–Trinajstić information content (AvgIpc) is 2.25. The standard InChI is InChI=1S/C12H7NO2.H3P/c14-11-8-5-1-3-7-4-2-6-9(10(7)8)12(15)13-11;/h1-6H,(H,13,14,15);1H3. The van der Waals surface area contributed by atoms with Crippen molar-refractivity contribution >= 4 is 32.5 Å². The van der Waals surface area contributed by atoms with Gasteiger partial charge in [-0.1, -0.05) is 24.3 Å². The second kappa shape index (κ2) is 3.69. The maximum atomic E-state index is 11.6. The lowest BCUT2D eigenvalue weighted by atomic mass is 9.95. The van der Waals surface area contributed by atoms with Crippen LogP contribution in [0.15, 0.2) is 36.4 Å². The minimum Gasteiger partial charge on any atom is -0.288 e. The van der Waals surface area contributed by atoms with Crippen molar-refractivity contribution in [2.45, 2.75) is 0 Å². The summed E-state index contributed by atoms with van der Waals surface area (Å²) in [6, 6.07) is 10.9. The van der Waals surface area contributed by atoms with Crippen LogP contribution in [0.3, 0.4) is 0 Å². The van der Waals surface area contributed by atoms with Crippen molar-refractivity contribution < 1.29 is 9.59 Å². The number of carbonyl (C=O) groups excluding carboxylic acids is 2. The van der Waals surface area contributed by atoms with Crippen LogP contribution in [0.1, 0.15) is 20.7 Å². The molecule has 0 aromatic heterocycles. The molecule has 0 saturated carbocycles. The second-order valence-electron chi connectivity index (χ2n) is 3.49. The van der Waals surface area contributed by atoms with E-state index in [1.165, 1.54) is 0 Å². The molecule has 3 rings (SSSR count). The molecule has 1 unspecified atom stereocenters. The third kappa shape index (κ3) is 1.33. The van der Waals surface area contributed by atoms with Gasteiger partial charge in [-0.05, 0) is 17.5 Å². The first-order valence-corrected chi connectivity index (χ1v) is 4.65. The van der Waals surface area contributed by atoms with Gasteiger partial charge < -0.3 is 0 Å². The SMILES string of the molecule is O=C1NC(=O)c2cccc3cccc1c23.P. The molecule has 0 saturated heterocycles. The monoisotopic (exact) mass is 231 g/mol. The quantitative estimate of drug-likeness (QED) is 0.555. The number of amides is 2. The van der Waals surface area contributed by atoms with Crippen LogP contribution in [0.4, 0.5) is 0 Å². The molecular weight excluding hydrogens is 221 g/mol. The number of benzene rings is 2. The van der Waals surface area contributed by atoms with E-state index in [4.69, 9.17) is 0 Å². The predicted molar refractivity (Wildman–Crippen MR) is 66.8 cm³/mol. The Bertz CT molecular complexity index is 558. The fraction of sp³-hybridized carbons (Fsp3) is 0. The van der Waals surface area contributed by atoms with Crippen LogP contribution in [0, 0.1) is 0 Å². The number of imide groups is 1. The number of hydrogen-bond donors (Lipinski definition) is 1. The Morgan fingerprint density at radius 1 is 0.812 bits per heavy atom. The molecule has 0 bridgehead atoms. The molecule has 1 atom stereocenters. The lowest BCUT2D eigenvalue weighted by molar-refractivity contribution is 0.0845. The van der Waals surface area contributed by atoms with Crippen molar-refractivity contribution in [2.24, 2.45) is 0 Å². The Morgan fingerprint density at radius 2 is 1.31 bits per heavy atom. The molecule has 1 heterocycles. The van der Waals surface area contributed by atoms with E-state index in [1.54, 1.807) is 12.1 Å². The van der Waals surface area contributed by atoms with Gasteiger partial charge in [0, 0.05) is 16.5 Å². The van der Waals surface area contributed by atoms with Crippen LogP contribution in [0.5, 0.6) is 0 Å². The summed E-state index contributed by atoms with van der Waals surface area (Å²) < 4.78 is 0. The molecule has 3 nitrogen and oxygen atoms in total. The molecule has 0 aliphatic carbocycles. The van der Waals surface area contributed by atoms with Gasteiger partial charge in [-0.3, -0.25) is 14.9 Å². The maximum Gasteiger partial charge on any atom is 0.258 e. The van der Waals surface area contributed by atoms with Crippen molar-refractivity contribution in [1.29, 1.82) is 0 Å². The fourth-order valence-electron chi connectivity index (χ4n) is 1.96. The Kier molecular flexibility index (Phi) is 2.49. The number of carbonyl (C=O) groups is 2. The largest absolute Gasteiger partial charge is 0.288 e. The summed E-state index contributed by atoms with van der Waals surface area (Å²) >= 11 is 0. The molecular formula is C12H10NO2P. The summed E-state index contributed by atoms with van der Waals surface area (Å²) in [5.41, 5.74) is 1.14. The topological polar surface area (TPSA) is 46.2 Å². The molecule has 4 heteroatoms. The fourth-order valence-corrected chi connectivity index (χ4v) is 1.96. The first-order valence-electron chi connectivity index (χ1n) is 4.65. The zero-order chi connectivity index (χ0) is 10.4. The molecule has 0 radical (unpaired) electrons. The molecule has 1 aliphatic heterocycles. The van der Waals surface area contributed by atoms with Crippen LogP contribution >= 0.6 is 9.90 Å². The van der Waals surface area contributed by atoms with Gasteiger partial charge in [-0.25, -0.2) is 0 Å². The molecule has 2 amide bonds. The minimum atomic E-state index is -0.315. The lowest BCUT2D eigenvalue weighted by Gasteiger charge is -2.15. The van der Waals surface area contributed by atoms with Gasteiger partial charge in [-0.2, -0.15) is 9.90 Å². The minimum absolute atomic E-state index is 0. The van der Waals surface area contributed by atoms with Crippen molar-refractivity contribution in [2.75, 3.05) is 0 Å². The van der Waals surface area contributed by atoms with Gasteiger partial charge in [0.05, 0.1) is 0 Å². The smallest absolute Gasteiger partial charge is 0.258 e. The highest BCUT2D eigenvalue weighted by Gasteiger charge is 2.23. The van der Waals surface area contributed by atoms with E-state index in [0.717, 1.165) is 10.8 Å². The van der Waals surface area contributed by atoms with Gasteiger partial charge in [0.15, 0.2) is 0 Å². The van der Waals surface area contributed by atoms with E-state index < -0.39 is 0 Å². The van der Waals surface area contributed by atoms with Gasteiger partial charge >= 0.3 is 0 Å². The molecule has 16 heavy (non-hydrogen) atoms. The third-order valence-corrected chi connectivity index (χ3v) is 2.62.